The molecule has 0 spiro atoms. The minimum atomic E-state index is -0.836. The molecular formula is C65H129NO3. The third kappa shape index (κ3) is 57.9. The Balaban J connectivity index is 3.40. The van der Waals surface area contributed by atoms with Crippen molar-refractivity contribution < 1.29 is 15.0 Å². The number of aliphatic hydroxyl groups is 2. The highest BCUT2D eigenvalue weighted by molar-refractivity contribution is 5.76. The number of nitrogens with one attached hydrogen (secondary N) is 1. The van der Waals surface area contributed by atoms with Gasteiger partial charge in [0.15, 0.2) is 0 Å². The van der Waals surface area contributed by atoms with Gasteiger partial charge in [-0.15, -0.1) is 0 Å². The quantitative estimate of drug-likeness (QED) is 0.0420. The number of hydrogen-bond donors (Lipinski definition) is 3. The van der Waals surface area contributed by atoms with Crippen molar-refractivity contribution in [3.8, 4) is 0 Å². The minimum absolute atomic E-state index is 0.0542. The lowest BCUT2D eigenvalue weighted by Gasteiger charge is -2.20. The van der Waals surface area contributed by atoms with E-state index in [1.807, 2.05) is 6.08 Å². The predicted octanol–water partition coefficient (Wildman–Crippen LogP) is 21.7. The maximum Gasteiger partial charge on any atom is 0.220 e. The average Bonchev–Trinajstić information content (AvgIpc) is 3.35. The zero-order chi connectivity index (χ0) is 49.9. The fourth-order valence-corrected chi connectivity index (χ4v) is 10.6. The van der Waals surface area contributed by atoms with Crippen molar-refractivity contribution in [3.63, 3.8) is 0 Å². The zero-order valence-corrected chi connectivity index (χ0v) is 47.6. The number of hydrogen-bond acceptors (Lipinski definition) is 3. The Morgan fingerprint density at radius 2 is 0.536 bits per heavy atom. The molecule has 0 saturated carbocycles. The zero-order valence-electron chi connectivity index (χ0n) is 47.6. The largest absolute Gasteiger partial charge is 0.394 e. The Morgan fingerprint density at radius 3 is 0.754 bits per heavy atom. The van der Waals surface area contributed by atoms with Gasteiger partial charge in [-0.05, 0) is 19.3 Å². The third-order valence-electron chi connectivity index (χ3n) is 15.5. The highest BCUT2D eigenvalue weighted by Gasteiger charge is 2.18. The van der Waals surface area contributed by atoms with Gasteiger partial charge in [-0.3, -0.25) is 4.79 Å². The lowest BCUT2D eigenvalue weighted by Crippen LogP contribution is -2.45. The first-order chi connectivity index (χ1) is 34.2. The van der Waals surface area contributed by atoms with Crippen molar-refractivity contribution in [2.45, 2.75) is 392 Å². The van der Waals surface area contributed by atoms with Gasteiger partial charge in [0.25, 0.3) is 0 Å². The summed E-state index contributed by atoms with van der Waals surface area (Å²) < 4.78 is 0. The first kappa shape index (κ1) is 68.1. The number of unbranched alkanes of at least 4 members (excludes halogenated alkanes) is 54. The van der Waals surface area contributed by atoms with Crippen LogP contribution in [0.5, 0.6) is 0 Å². The molecule has 4 heteroatoms. The van der Waals surface area contributed by atoms with Gasteiger partial charge in [0.1, 0.15) is 0 Å². The Kier molecular flexibility index (Phi) is 60.7. The van der Waals surface area contributed by atoms with Crippen LogP contribution in [-0.4, -0.2) is 34.9 Å². The average molecular weight is 973 g/mol. The van der Waals surface area contributed by atoms with E-state index < -0.39 is 12.1 Å². The molecular weight excluding hydrogens is 843 g/mol. The molecule has 0 aromatic carbocycles. The molecule has 0 aromatic heterocycles. The number of carbonyl (C=O) groups excluding carboxylic acids is 1. The molecule has 2 atom stereocenters. The second-order valence-corrected chi connectivity index (χ2v) is 22.6. The van der Waals surface area contributed by atoms with Gasteiger partial charge in [0.2, 0.25) is 5.91 Å². The summed E-state index contributed by atoms with van der Waals surface area (Å²) >= 11 is 0. The van der Waals surface area contributed by atoms with Gasteiger partial charge in [-0.25, -0.2) is 0 Å². The second kappa shape index (κ2) is 61.4. The highest BCUT2D eigenvalue weighted by atomic mass is 16.3. The topological polar surface area (TPSA) is 69.6 Å². The van der Waals surface area contributed by atoms with Crippen molar-refractivity contribution in [3.05, 3.63) is 12.2 Å². The van der Waals surface area contributed by atoms with Gasteiger partial charge in [-0.2, -0.15) is 0 Å². The molecule has 0 radical (unpaired) electrons. The summed E-state index contributed by atoms with van der Waals surface area (Å²) in [7, 11) is 0. The van der Waals surface area contributed by atoms with Crippen LogP contribution in [0.4, 0.5) is 0 Å². The molecule has 4 nitrogen and oxygen atoms in total. The van der Waals surface area contributed by atoms with Gasteiger partial charge < -0.3 is 15.5 Å². The summed E-state index contributed by atoms with van der Waals surface area (Å²) in [5.74, 6) is -0.0542. The van der Waals surface area contributed by atoms with Crippen molar-refractivity contribution >= 4 is 5.91 Å². The van der Waals surface area contributed by atoms with E-state index >= 15 is 0 Å². The lowest BCUT2D eigenvalue weighted by atomic mass is 10.0. The van der Waals surface area contributed by atoms with Crippen LogP contribution in [0.2, 0.25) is 0 Å². The number of carbonyl (C=O) groups is 1. The summed E-state index contributed by atoms with van der Waals surface area (Å²) in [5, 5.41) is 23.3. The molecule has 412 valence electrons. The van der Waals surface area contributed by atoms with Gasteiger partial charge in [0.05, 0.1) is 18.8 Å². The van der Waals surface area contributed by atoms with E-state index in [4.69, 9.17) is 0 Å². The van der Waals surface area contributed by atoms with E-state index in [1.54, 1.807) is 6.08 Å². The molecule has 0 aliphatic heterocycles. The molecule has 0 rings (SSSR count). The van der Waals surface area contributed by atoms with Crippen LogP contribution in [0.15, 0.2) is 12.2 Å². The van der Waals surface area contributed by atoms with Crippen LogP contribution >= 0.6 is 0 Å². The SMILES string of the molecule is CCCCCCCCCCCCCCCCCCCCCCCCCCCCCCCCC/C=C/C(O)C(CO)NC(=O)CCCCCCCCCCCCCCCCCCCCCCCCCC. The summed E-state index contributed by atoms with van der Waals surface area (Å²) in [6, 6.07) is -0.619. The molecule has 3 N–H and O–H groups in total. The number of amides is 1. The van der Waals surface area contributed by atoms with Crippen molar-refractivity contribution in [2.24, 2.45) is 0 Å². The molecule has 0 aliphatic rings. The fraction of sp³-hybridized carbons (Fsp3) is 0.954. The molecule has 0 aliphatic carbocycles. The molecule has 0 aromatic rings. The van der Waals surface area contributed by atoms with Crippen LogP contribution in [0.1, 0.15) is 380 Å². The highest BCUT2D eigenvalue weighted by Crippen LogP contribution is 2.19. The molecule has 0 heterocycles. The maximum absolute atomic E-state index is 12.5. The standard InChI is InChI=1S/C65H129NO3/c1-3-5-7-9-11-13-15-17-19-21-23-25-27-29-30-31-32-33-34-35-36-37-38-40-42-44-46-48-50-52-54-56-58-60-64(68)63(62-67)66-65(69)61-59-57-55-53-51-49-47-45-43-41-39-28-26-24-22-20-18-16-14-12-10-8-6-4-2/h58,60,63-64,67-68H,3-57,59,61-62H2,1-2H3,(H,66,69)/b60-58+. The molecule has 0 fully saturated rings. The van der Waals surface area contributed by atoms with Crippen LogP contribution in [0.3, 0.4) is 0 Å². The summed E-state index contributed by atoms with van der Waals surface area (Å²) in [6.45, 7) is 4.36. The van der Waals surface area contributed by atoms with Crippen LogP contribution in [-0.2, 0) is 4.79 Å². The second-order valence-electron chi connectivity index (χ2n) is 22.6. The maximum atomic E-state index is 12.5. The molecule has 0 saturated heterocycles. The van der Waals surface area contributed by atoms with Gasteiger partial charge in [-0.1, -0.05) is 366 Å². The Hall–Kier alpha value is -0.870. The summed E-state index contributed by atoms with van der Waals surface area (Å²) in [6.07, 6.45) is 81.4. The molecule has 69 heavy (non-hydrogen) atoms. The van der Waals surface area contributed by atoms with Crippen LogP contribution in [0, 0.1) is 0 Å². The van der Waals surface area contributed by atoms with Crippen molar-refractivity contribution in [2.75, 3.05) is 6.61 Å². The normalized spacial score (nSPS) is 12.7. The molecule has 1 amide bonds. The third-order valence-corrected chi connectivity index (χ3v) is 15.5. The van der Waals surface area contributed by atoms with Gasteiger partial charge in [0, 0.05) is 6.42 Å². The Morgan fingerprint density at radius 1 is 0.333 bits per heavy atom. The van der Waals surface area contributed by atoms with E-state index in [-0.39, 0.29) is 12.5 Å². The Labute approximate surface area is 435 Å². The first-order valence-electron chi connectivity index (χ1n) is 32.4. The van der Waals surface area contributed by atoms with Gasteiger partial charge >= 0.3 is 0 Å². The van der Waals surface area contributed by atoms with E-state index in [1.165, 1.54) is 334 Å². The fourth-order valence-electron chi connectivity index (χ4n) is 10.6. The van der Waals surface area contributed by atoms with E-state index in [9.17, 15) is 15.0 Å². The van der Waals surface area contributed by atoms with E-state index in [2.05, 4.69) is 19.2 Å². The van der Waals surface area contributed by atoms with Crippen molar-refractivity contribution in [1.29, 1.82) is 0 Å². The van der Waals surface area contributed by atoms with Crippen LogP contribution < -0.4 is 5.32 Å². The predicted molar refractivity (Wildman–Crippen MR) is 309 cm³/mol. The first-order valence-corrected chi connectivity index (χ1v) is 32.4. The molecule has 0 bridgehead atoms. The number of aliphatic hydroxyl groups excluding tert-OH is 2. The summed E-state index contributed by atoms with van der Waals surface area (Å²) in [4.78, 5) is 12.5. The monoisotopic (exact) mass is 972 g/mol. The minimum Gasteiger partial charge on any atom is -0.394 e. The van der Waals surface area contributed by atoms with Crippen LogP contribution in [0.25, 0.3) is 0 Å². The van der Waals surface area contributed by atoms with Crippen molar-refractivity contribution in [1.82, 2.24) is 5.32 Å². The number of rotatable bonds is 61. The van der Waals surface area contributed by atoms with E-state index in [0.717, 1.165) is 25.7 Å². The molecule has 2 unspecified atom stereocenters. The van der Waals surface area contributed by atoms with E-state index in [0.29, 0.717) is 6.42 Å². The summed E-state index contributed by atoms with van der Waals surface area (Å²) in [5.41, 5.74) is 0. The smallest absolute Gasteiger partial charge is 0.220 e. The lowest BCUT2D eigenvalue weighted by molar-refractivity contribution is -0.123. The Bertz CT molecular complexity index is 967. The number of allylic oxidation sites excluding steroid dienone is 1.